The molecule has 0 aromatic heterocycles. The van der Waals surface area contributed by atoms with Crippen LogP contribution in [-0.4, -0.2) is 41.3 Å². The van der Waals surface area contributed by atoms with Crippen LogP contribution in [0.25, 0.3) is 0 Å². The van der Waals surface area contributed by atoms with E-state index in [1.807, 2.05) is 4.90 Å². The highest BCUT2D eigenvalue weighted by Crippen LogP contribution is 2.26. The van der Waals surface area contributed by atoms with Crippen molar-refractivity contribution in [1.82, 2.24) is 10.2 Å². The van der Waals surface area contributed by atoms with Gasteiger partial charge in [0.25, 0.3) is 0 Å². The lowest BCUT2D eigenvalue weighted by atomic mass is 9.94. The Kier molecular flexibility index (Phi) is 4.87. The zero-order valence-corrected chi connectivity index (χ0v) is 11.3. The van der Waals surface area contributed by atoms with E-state index in [4.69, 9.17) is 0 Å². The minimum absolute atomic E-state index is 0.00683. The molecule has 2 fully saturated rings. The maximum atomic E-state index is 12.0. The van der Waals surface area contributed by atoms with Crippen molar-refractivity contribution in [2.75, 3.05) is 19.6 Å². The van der Waals surface area contributed by atoms with Gasteiger partial charge in [0.1, 0.15) is 0 Å². The van der Waals surface area contributed by atoms with Crippen LogP contribution in [0.5, 0.6) is 0 Å². The van der Waals surface area contributed by atoms with Gasteiger partial charge < -0.3 is 15.3 Å². The SMILES string of the molecule is O=C(NCC1(O)CCCCCC1)N1CCCCC1. The second-order valence-electron chi connectivity index (χ2n) is 5.84. The number of hydrogen-bond donors (Lipinski definition) is 2. The lowest BCUT2D eigenvalue weighted by Crippen LogP contribution is -2.49. The van der Waals surface area contributed by atoms with Gasteiger partial charge >= 0.3 is 6.03 Å². The Balaban J connectivity index is 1.76. The summed E-state index contributed by atoms with van der Waals surface area (Å²) in [5.41, 5.74) is -0.665. The second kappa shape index (κ2) is 6.41. The van der Waals surface area contributed by atoms with Crippen LogP contribution in [0.4, 0.5) is 4.79 Å². The number of rotatable bonds is 2. The summed E-state index contributed by atoms with van der Waals surface area (Å²) in [4.78, 5) is 13.9. The fraction of sp³-hybridized carbons (Fsp3) is 0.929. The average molecular weight is 254 g/mol. The van der Waals surface area contributed by atoms with Crippen LogP contribution in [0.3, 0.4) is 0 Å². The molecule has 1 heterocycles. The normalized spacial score (nSPS) is 24.4. The third kappa shape index (κ3) is 3.87. The molecule has 2 amide bonds. The second-order valence-corrected chi connectivity index (χ2v) is 5.84. The summed E-state index contributed by atoms with van der Waals surface area (Å²) in [7, 11) is 0. The van der Waals surface area contributed by atoms with Crippen LogP contribution in [0, 0.1) is 0 Å². The molecule has 0 bridgehead atoms. The fourth-order valence-corrected chi connectivity index (χ4v) is 3.01. The molecule has 0 atom stereocenters. The summed E-state index contributed by atoms with van der Waals surface area (Å²) in [6.07, 6.45) is 9.68. The van der Waals surface area contributed by atoms with Crippen LogP contribution in [0.2, 0.25) is 0 Å². The summed E-state index contributed by atoms with van der Waals surface area (Å²) in [6, 6.07) is 0.00683. The lowest BCUT2D eigenvalue weighted by molar-refractivity contribution is 0.0262. The summed E-state index contributed by atoms with van der Waals surface area (Å²) < 4.78 is 0. The molecule has 0 radical (unpaired) electrons. The zero-order valence-electron chi connectivity index (χ0n) is 11.3. The van der Waals surface area contributed by atoms with E-state index >= 15 is 0 Å². The molecule has 1 aliphatic carbocycles. The Hall–Kier alpha value is -0.770. The van der Waals surface area contributed by atoms with Crippen LogP contribution in [0.1, 0.15) is 57.8 Å². The summed E-state index contributed by atoms with van der Waals surface area (Å²) in [5, 5.41) is 13.4. The summed E-state index contributed by atoms with van der Waals surface area (Å²) >= 11 is 0. The van der Waals surface area contributed by atoms with Gasteiger partial charge in [-0.15, -0.1) is 0 Å². The molecule has 2 aliphatic rings. The lowest BCUT2D eigenvalue weighted by Gasteiger charge is -2.31. The predicted octanol–water partition coefficient (Wildman–Crippen LogP) is 2.27. The average Bonchev–Trinajstić information content (AvgIpc) is 2.62. The Morgan fingerprint density at radius 3 is 2.17 bits per heavy atom. The highest BCUT2D eigenvalue weighted by Gasteiger charge is 2.29. The largest absolute Gasteiger partial charge is 0.388 e. The first-order valence-corrected chi connectivity index (χ1v) is 7.45. The maximum Gasteiger partial charge on any atom is 0.317 e. The van der Waals surface area contributed by atoms with Gasteiger partial charge in [-0.2, -0.15) is 0 Å². The van der Waals surface area contributed by atoms with Crippen LogP contribution >= 0.6 is 0 Å². The van der Waals surface area contributed by atoms with Crippen LogP contribution in [0.15, 0.2) is 0 Å². The molecule has 0 unspecified atom stereocenters. The molecule has 104 valence electrons. The van der Waals surface area contributed by atoms with E-state index in [0.29, 0.717) is 6.54 Å². The van der Waals surface area contributed by atoms with Crippen molar-refractivity contribution >= 4 is 6.03 Å². The van der Waals surface area contributed by atoms with Gasteiger partial charge in [0.15, 0.2) is 0 Å². The van der Waals surface area contributed by atoms with E-state index in [9.17, 15) is 9.90 Å². The predicted molar refractivity (Wildman–Crippen MR) is 71.5 cm³/mol. The number of aliphatic hydroxyl groups is 1. The topological polar surface area (TPSA) is 52.6 Å². The molecule has 0 aromatic carbocycles. The number of nitrogens with one attached hydrogen (secondary N) is 1. The Morgan fingerprint density at radius 2 is 1.56 bits per heavy atom. The minimum Gasteiger partial charge on any atom is -0.388 e. The maximum absolute atomic E-state index is 12.0. The number of amides is 2. The van der Waals surface area contributed by atoms with Crippen molar-refractivity contribution in [3.05, 3.63) is 0 Å². The molecule has 1 aliphatic heterocycles. The van der Waals surface area contributed by atoms with Gasteiger partial charge in [-0.25, -0.2) is 4.79 Å². The molecule has 4 nitrogen and oxygen atoms in total. The minimum atomic E-state index is -0.665. The van der Waals surface area contributed by atoms with E-state index in [1.54, 1.807) is 0 Å². The van der Waals surface area contributed by atoms with Crippen molar-refractivity contribution in [2.45, 2.75) is 63.4 Å². The number of nitrogens with zero attached hydrogens (tertiary/aromatic N) is 1. The number of likely N-dealkylation sites (tertiary alicyclic amines) is 1. The molecule has 18 heavy (non-hydrogen) atoms. The molecule has 2 rings (SSSR count). The third-order valence-electron chi connectivity index (χ3n) is 4.25. The molecular weight excluding hydrogens is 228 g/mol. The van der Waals surface area contributed by atoms with E-state index in [0.717, 1.165) is 51.6 Å². The molecule has 1 saturated carbocycles. The fourth-order valence-electron chi connectivity index (χ4n) is 3.01. The summed E-state index contributed by atoms with van der Waals surface area (Å²) in [6.45, 7) is 2.15. The van der Waals surface area contributed by atoms with Gasteiger partial charge in [0.2, 0.25) is 0 Å². The van der Waals surface area contributed by atoms with E-state index < -0.39 is 5.60 Å². The Bertz CT molecular complexity index is 267. The highest BCUT2D eigenvalue weighted by molar-refractivity contribution is 5.74. The standard InChI is InChI=1S/C14H26N2O2/c17-13(16-10-6-3-7-11-16)15-12-14(18)8-4-1-2-5-9-14/h18H,1-12H2,(H,15,17). The first kappa shape index (κ1) is 13.7. The Morgan fingerprint density at radius 1 is 1.00 bits per heavy atom. The third-order valence-corrected chi connectivity index (χ3v) is 4.25. The van der Waals surface area contributed by atoms with Gasteiger partial charge in [-0.05, 0) is 32.1 Å². The van der Waals surface area contributed by atoms with Gasteiger partial charge in [-0.3, -0.25) is 0 Å². The van der Waals surface area contributed by atoms with Crippen molar-refractivity contribution < 1.29 is 9.90 Å². The molecule has 0 aromatic rings. The van der Waals surface area contributed by atoms with Gasteiger partial charge in [0, 0.05) is 19.6 Å². The van der Waals surface area contributed by atoms with Crippen LogP contribution < -0.4 is 5.32 Å². The number of piperidine rings is 1. The van der Waals surface area contributed by atoms with Crippen molar-refractivity contribution in [3.63, 3.8) is 0 Å². The highest BCUT2D eigenvalue weighted by atomic mass is 16.3. The number of carbonyl (C=O) groups is 1. The van der Waals surface area contributed by atoms with E-state index in [1.165, 1.54) is 19.3 Å². The molecular formula is C14H26N2O2. The number of carbonyl (C=O) groups excluding carboxylic acids is 1. The molecule has 0 spiro atoms. The summed E-state index contributed by atoms with van der Waals surface area (Å²) in [5.74, 6) is 0. The van der Waals surface area contributed by atoms with Crippen molar-refractivity contribution in [3.8, 4) is 0 Å². The van der Waals surface area contributed by atoms with Crippen molar-refractivity contribution in [1.29, 1.82) is 0 Å². The zero-order chi connectivity index (χ0) is 12.8. The molecule has 1 saturated heterocycles. The smallest absolute Gasteiger partial charge is 0.317 e. The monoisotopic (exact) mass is 254 g/mol. The number of urea groups is 1. The van der Waals surface area contributed by atoms with Gasteiger partial charge in [0.05, 0.1) is 5.60 Å². The van der Waals surface area contributed by atoms with Crippen LogP contribution in [-0.2, 0) is 0 Å². The Labute approximate surface area is 110 Å². The van der Waals surface area contributed by atoms with E-state index in [2.05, 4.69) is 5.32 Å². The van der Waals surface area contributed by atoms with Gasteiger partial charge in [-0.1, -0.05) is 25.7 Å². The molecule has 2 N–H and O–H groups in total. The van der Waals surface area contributed by atoms with Crippen molar-refractivity contribution in [2.24, 2.45) is 0 Å². The van der Waals surface area contributed by atoms with E-state index in [-0.39, 0.29) is 6.03 Å². The quantitative estimate of drug-likeness (QED) is 0.743. The first-order valence-electron chi connectivity index (χ1n) is 7.45. The first-order chi connectivity index (χ1) is 8.70. The molecule has 4 heteroatoms. The number of hydrogen-bond acceptors (Lipinski definition) is 2.